The molecule has 3 aromatic rings. The van der Waals surface area contributed by atoms with Gasteiger partial charge in [0.2, 0.25) is 5.91 Å². The molecule has 6 nitrogen and oxygen atoms in total. The molecule has 0 aromatic heterocycles. The van der Waals surface area contributed by atoms with Crippen molar-refractivity contribution in [3.05, 3.63) is 83.4 Å². The van der Waals surface area contributed by atoms with E-state index in [2.05, 4.69) is 5.32 Å². The lowest BCUT2D eigenvalue weighted by atomic mass is 10.2. The predicted molar refractivity (Wildman–Crippen MR) is 119 cm³/mol. The molecule has 0 fully saturated rings. The zero-order chi connectivity index (χ0) is 21.7. The van der Waals surface area contributed by atoms with Crippen LogP contribution in [0.25, 0.3) is 0 Å². The number of carbonyl (C=O) groups is 1. The van der Waals surface area contributed by atoms with Crippen LogP contribution < -0.4 is 14.4 Å². The Hall–Kier alpha value is -3.03. The number of hydrogen-bond donors (Lipinski definition) is 1. The second-order valence-electron chi connectivity index (χ2n) is 6.55. The van der Waals surface area contributed by atoms with E-state index in [9.17, 15) is 13.2 Å². The van der Waals surface area contributed by atoms with E-state index in [0.29, 0.717) is 22.1 Å². The Kier molecular flexibility index (Phi) is 6.64. The van der Waals surface area contributed by atoms with Crippen molar-refractivity contribution in [1.29, 1.82) is 0 Å². The fourth-order valence-electron chi connectivity index (χ4n) is 2.90. The molecular weight excluding hydrogens is 424 g/mol. The zero-order valence-electron chi connectivity index (χ0n) is 16.5. The molecule has 0 saturated carbocycles. The van der Waals surface area contributed by atoms with Gasteiger partial charge in [-0.05, 0) is 66.2 Å². The Bertz CT molecular complexity index is 1130. The number of sulfonamides is 1. The molecule has 0 radical (unpaired) electrons. The highest BCUT2D eigenvalue weighted by Gasteiger charge is 2.25. The van der Waals surface area contributed by atoms with Gasteiger partial charge in [0.05, 0.1) is 24.2 Å². The average molecular weight is 445 g/mol. The first kappa shape index (κ1) is 21.7. The van der Waals surface area contributed by atoms with E-state index in [4.69, 9.17) is 16.3 Å². The molecule has 3 rings (SSSR count). The number of carbonyl (C=O) groups excluding carboxylic acids is 1. The van der Waals surface area contributed by atoms with Gasteiger partial charge in [-0.15, -0.1) is 0 Å². The molecule has 3 aromatic carbocycles. The minimum Gasteiger partial charge on any atom is -0.497 e. The van der Waals surface area contributed by atoms with E-state index in [0.717, 1.165) is 5.56 Å². The van der Waals surface area contributed by atoms with Crippen LogP contribution in [0.4, 0.5) is 11.4 Å². The summed E-state index contributed by atoms with van der Waals surface area (Å²) in [5.41, 5.74) is 1.77. The molecule has 0 saturated heterocycles. The summed E-state index contributed by atoms with van der Waals surface area (Å²) in [4.78, 5) is 11.3. The van der Waals surface area contributed by atoms with Crippen LogP contribution in [0.3, 0.4) is 0 Å². The topological polar surface area (TPSA) is 75.7 Å². The first-order chi connectivity index (χ1) is 14.3. The van der Waals surface area contributed by atoms with Crippen molar-refractivity contribution in [2.45, 2.75) is 18.4 Å². The maximum absolute atomic E-state index is 13.5. The largest absolute Gasteiger partial charge is 0.497 e. The monoisotopic (exact) mass is 444 g/mol. The van der Waals surface area contributed by atoms with Crippen molar-refractivity contribution in [2.75, 3.05) is 16.7 Å². The number of benzene rings is 3. The third-order valence-electron chi connectivity index (χ3n) is 4.34. The zero-order valence-corrected chi connectivity index (χ0v) is 18.1. The molecule has 1 amide bonds. The maximum atomic E-state index is 13.5. The SMILES string of the molecule is COc1cccc(CN(c2ccc(Cl)cc2)S(=O)(=O)c2ccc(NC(C)=O)cc2)c1. The average Bonchev–Trinajstić information content (AvgIpc) is 2.73. The molecular formula is C22H21ClN2O4S. The van der Waals surface area contributed by atoms with Gasteiger partial charge >= 0.3 is 0 Å². The highest BCUT2D eigenvalue weighted by atomic mass is 35.5. The van der Waals surface area contributed by atoms with Crippen LogP contribution in [0.15, 0.2) is 77.7 Å². The van der Waals surface area contributed by atoms with Crippen LogP contribution >= 0.6 is 11.6 Å². The lowest BCUT2D eigenvalue weighted by Gasteiger charge is -2.25. The fourth-order valence-corrected chi connectivity index (χ4v) is 4.48. The van der Waals surface area contributed by atoms with Crippen molar-refractivity contribution in [3.63, 3.8) is 0 Å². The Labute approximate surface area is 181 Å². The number of halogens is 1. The van der Waals surface area contributed by atoms with Crippen LogP contribution in [0.2, 0.25) is 5.02 Å². The van der Waals surface area contributed by atoms with Gasteiger partial charge in [0.1, 0.15) is 5.75 Å². The summed E-state index contributed by atoms with van der Waals surface area (Å²) in [5.74, 6) is 0.409. The van der Waals surface area contributed by atoms with Gasteiger partial charge < -0.3 is 10.1 Å². The number of methoxy groups -OCH3 is 1. The van der Waals surface area contributed by atoms with E-state index < -0.39 is 10.0 Å². The van der Waals surface area contributed by atoms with Gasteiger partial charge in [-0.2, -0.15) is 0 Å². The van der Waals surface area contributed by atoms with Gasteiger partial charge in [-0.3, -0.25) is 9.10 Å². The molecule has 8 heteroatoms. The summed E-state index contributed by atoms with van der Waals surface area (Å²) < 4.78 is 33.5. The lowest BCUT2D eigenvalue weighted by molar-refractivity contribution is -0.114. The number of nitrogens with one attached hydrogen (secondary N) is 1. The Morgan fingerprint density at radius 2 is 1.70 bits per heavy atom. The lowest BCUT2D eigenvalue weighted by Crippen LogP contribution is -2.30. The molecule has 0 bridgehead atoms. The molecule has 0 atom stereocenters. The molecule has 0 aliphatic heterocycles. The van der Waals surface area contributed by atoms with Gasteiger partial charge in [0.15, 0.2) is 0 Å². The third kappa shape index (κ3) is 5.11. The number of ether oxygens (including phenoxy) is 1. The van der Waals surface area contributed by atoms with Gasteiger partial charge in [0.25, 0.3) is 10.0 Å². The van der Waals surface area contributed by atoms with Gasteiger partial charge in [-0.1, -0.05) is 23.7 Å². The molecule has 0 spiro atoms. The van der Waals surface area contributed by atoms with Gasteiger partial charge in [-0.25, -0.2) is 8.42 Å². The Morgan fingerprint density at radius 3 is 2.30 bits per heavy atom. The number of rotatable bonds is 7. The second kappa shape index (κ2) is 9.19. The molecule has 0 aliphatic carbocycles. The highest BCUT2D eigenvalue weighted by molar-refractivity contribution is 7.92. The van der Waals surface area contributed by atoms with Crippen LogP contribution in [0, 0.1) is 0 Å². The molecule has 0 heterocycles. The standard InChI is InChI=1S/C22H21ClN2O4S/c1-16(26)24-19-8-12-22(13-9-19)30(27,28)25(20-10-6-18(23)7-11-20)15-17-4-3-5-21(14-17)29-2/h3-14H,15H2,1-2H3,(H,24,26). The Balaban J connectivity index is 2.01. The second-order valence-corrected chi connectivity index (χ2v) is 8.84. The maximum Gasteiger partial charge on any atom is 0.264 e. The fraction of sp³-hybridized carbons (Fsp3) is 0.136. The Morgan fingerprint density at radius 1 is 1.03 bits per heavy atom. The van der Waals surface area contributed by atoms with Crippen molar-refractivity contribution in [1.82, 2.24) is 0 Å². The minimum atomic E-state index is -3.89. The molecule has 0 unspecified atom stereocenters. The normalized spacial score (nSPS) is 11.0. The van der Waals surface area contributed by atoms with Crippen molar-refractivity contribution < 1.29 is 17.9 Å². The van der Waals surface area contributed by atoms with E-state index in [1.165, 1.54) is 23.4 Å². The smallest absolute Gasteiger partial charge is 0.264 e. The van der Waals surface area contributed by atoms with Crippen molar-refractivity contribution in [2.24, 2.45) is 0 Å². The number of amides is 1. The van der Waals surface area contributed by atoms with E-state index in [1.54, 1.807) is 55.6 Å². The summed E-state index contributed by atoms with van der Waals surface area (Å²) in [6.45, 7) is 1.50. The molecule has 156 valence electrons. The summed E-state index contributed by atoms with van der Waals surface area (Å²) in [6.07, 6.45) is 0. The molecule has 1 N–H and O–H groups in total. The predicted octanol–water partition coefficient (Wildman–Crippen LogP) is 4.70. The van der Waals surface area contributed by atoms with Crippen LogP contribution in [-0.2, 0) is 21.4 Å². The van der Waals surface area contributed by atoms with E-state index >= 15 is 0 Å². The molecule has 0 aliphatic rings. The molecule has 30 heavy (non-hydrogen) atoms. The number of hydrogen-bond acceptors (Lipinski definition) is 4. The van der Waals surface area contributed by atoms with Crippen molar-refractivity contribution >= 4 is 38.9 Å². The summed E-state index contributed by atoms with van der Waals surface area (Å²) in [6, 6.07) is 19.9. The van der Waals surface area contributed by atoms with Crippen LogP contribution in [0.1, 0.15) is 12.5 Å². The first-order valence-electron chi connectivity index (χ1n) is 9.08. The number of nitrogens with zero attached hydrogens (tertiary/aromatic N) is 1. The van der Waals surface area contributed by atoms with Crippen molar-refractivity contribution in [3.8, 4) is 5.75 Å². The van der Waals surface area contributed by atoms with Crippen LogP contribution in [-0.4, -0.2) is 21.4 Å². The summed E-state index contributed by atoms with van der Waals surface area (Å²) in [7, 11) is -2.33. The number of anilines is 2. The highest BCUT2D eigenvalue weighted by Crippen LogP contribution is 2.28. The quantitative estimate of drug-likeness (QED) is 0.573. The minimum absolute atomic E-state index is 0.106. The summed E-state index contributed by atoms with van der Waals surface area (Å²) >= 11 is 5.99. The van der Waals surface area contributed by atoms with E-state index in [-0.39, 0.29) is 17.3 Å². The van der Waals surface area contributed by atoms with Gasteiger partial charge in [0, 0.05) is 17.6 Å². The van der Waals surface area contributed by atoms with Crippen LogP contribution in [0.5, 0.6) is 5.75 Å². The van der Waals surface area contributed by atoms with E-state index in [1.807, 2.05) is 12.1 Å². The summed E-state index contributed by atoms with van der Waals surface area (Å²) in [5, 5.41) is 3.14. The first-order valence-corrected chi connectivity index (χ1v) is 10.9. The third-order valence-corrected chi connectivity index (χ3v) is 6.38.